The lowest BCUT2D eigenvalue weighted by molar-refractivity contribution is -0.158. The molecule has 118 valence electrons. The Bertz CT molecular complexity index is 739. The normalized spacial score (nSPS) is 16.8. The number of aryl methyl sites for hydroxylation is 1. The van der Waals surface area contributed by atoms with Gasteiger partial charge in [0, 0.05) is 11.8 Å². The topological polar surface area (TPSA) is 59.3 Å². The quantitative estimate of drug-likeness (QED) is 0.879. The van der Waals surface area contributed by atoms with Gasteiger partial charge in [-0.15, -0.1) is 0 Å². The number of carbonyl (C=O) groups is 1. The Morgan fingerprint density at radius 1 is 1.45 bits per heavy atom. The highest BCUT2D eigenvalue weighted by Gasteiger charge is 2.49. The van der Waals surface area contributed by atoms with Crippen molar-refractivity contribution in [2.45, 2.75) is 32.0 Å². The molecule has 0 saturated heterocycles. The van der Waals surface area contributed by atoms with E-state index in [4.69, 9.17) is 11.6 Å². The van der Waals surface area contributed by atoms with Gasteiger partial charge in [0.25, 0.3) is 5.91 Å². The largest absolute Gasteiger partial charge is 0.408 e. The first-order valence-electron chi connectivity index (χ1n) is 6.66. The number of halogens is 4. The second-order valence-electron chi connectivity index (χ2n) is 5.35. The molecule has 1 aliphatic carbocycles. The summed E-state index contributed by atoms with van der Waals surface area (Å²) in [7, 11) is 0. The lowest BCUT2D eigenvalue weighted by Gasteiger charge is -2.20. The van der Waals surface area contributed by atoms with Gasteiger partial charge in [0.1, 0.15) is 11.2 Å². The molecule has 1 aliphatic rings. The van der Waals surface area contributed by atoms with Gasteiger partial charge in [-0.2, -0.15) is 18.3 Å². The molecule has 0 bridgehead atoms. The summed E-state index contributed by atoms with van der Waals surface area (Å²) in [5.74, 6) is -1.41. The molecule has 22 heavy (non-hydrogen) atoms. The molecule has 2 aromatic rings. The number of aromatic nitrogens is 3. The third kappa shape index (κ3) is 2.87. The Balaban J connectivity index is 1.87. The molecule has 3 rings (SSSR count). The summed E-state index contributed by atoms with van der Waals surface area (Å²) in [6.45, 7) is 1.71. The van der Waals surface area contributed by atoms with Crippen molar-refractivity contribution in [2.75, 3.05) is 0 Å². The number of nitrogens with zero attached hydrogens (tertiary/aromatic N) is 3. The monoisotopic (exact) mass is 332 g/mol. The molecule has 0 radical (unpaired) electrons. The molecular formula is C13H12ClF3N4O. The Labute approximate surface area is 128 Å². The van der Waals surface area contributed by atoms with Crippen LogP contribution in [0.1, 0.15) is 29.0 Å². The summed E-state index contributed by atoms with van der Waals surface area (Å²) < 4.78 is 40.2. The number of alkyl halides is 3. The molecule has 1 N–H and O–H groups in total. The highest BCUT2D eigenvalue weighted by Crippen LogP contribution is 2.40. The third-order valence-electron chi connectivity index (χ3n) is 3.54. The van der Waals surface area contributed by atoms with Gasteiger partial charge in [0.2, 0.25) is 0 Å². The van der Waals surface area contributed by atoms with Crippen LogP contribution in [0.4, 0.5) is 13.2 Å². The number of carbonyl (C=O) groups excluding carboxylic acids is 1. The molecule has 2 heterocycles. The summed E-state index contributed by atoms with van der Waals surface area (Å²) in [5, 5.41) is 6.24. The average molecular weight is 333 g/mol. The summed E-state index contributed by atoms with van der Waals surface area (Å²) in [5.41, 5.74) is 0.821. The lowest BCUT2D eigenvalue weighted by atomic mass is 10.1. The van der Waals surface area contributed by atoms with Crippen molar-refractivity contribution in [1.82, 2.24) is 19.9 Å². The fraction of sp³-hybridized carbons (Fsp3) is 0.462. The van der Waals surface area contributed by atoms with Gasteiger partial charge in [0.15, 0.2) is 11.3 Å². The van der Waals surface area contributed by atoms with Crippen molar-refractivity contribution in [3.8, 4) is 0 Å². The number of amides is 1. The molecule has 9 heteroatoms. The van der Waals surface area contributed by atoms with Crippen LogP contribution in [0, 0.1) is 12.8 Å². The minimum Gasteiger partial charge on any atom is -0.339 e. The van der Waals surface area contributed by atoms with Gasteiger partial charge in [-0.05, 0) is 31.7 Å². The third-order valence-corrected chi connectivity index (χ3v) is 3.73. The van der Waals surface area contributed by atoms with Gasteiger partial charge < -0.3 is 5.32 Å². The second-order valence-corrected chi connectivity index (χ2v) is 5.74. The predicted molar refractivity (Wildman–Crippen MR) is 72.8 cm³/mol. The Morgan fingerprint density at radius 2 is 2.14 bits per heavy atom. The van der Waals surface area contributed by atoms with Crippen molar-refractivity contribution in [3.05, 3.63) is 28.7 Å². The molecule has 1 atom stereocenters. The zero-order chi connectivity index (χ0) is 16.1. The SMILES string of the molecule is Cc1cc(Cl)nc2cc(C(=O)N[C@@H](C3CC3)C(F)(F)F)nn12. The minimum absolute atomic E-state index is 0.118. The van der Waals surface area contributed by atoms with Crippen LogP contribution >= 0.6 is 11.6 Å². The maximum absolute atomic E-state index is 12.9. The van der Waals surface area contributed by atoms with E-state index >= 15 is 0 Å². The maximum Gasteiger partial charge on any atom is 0.408 e. The highest BCUT2D eigenvalue weighted by atomic mass is 35.5. The van der Waals surface area contributed by atoms with E-state index in [0.29, 0.717) is 24.2 Å². The molecule has 1 saturated carbocycles. The molecule has 5 nitrogen and oxygen atoms in total. The molecule has 1 amide bonds. The maximum atomic E-state index is 12.9. The van der Waals surface area contributed by atoms with Gasteiger partial charge in [-0.3, -0.25) is 4.79 Å². The molecule has 0 spiro atoms. The van der Waals surface area contributed by atoms with Crippen molar-refractivity contribution in [3.63, 3.8) is 0 Å². The van der Waals surface area contributed by atoms with Gasteiger partial charge in [-0.1, -0.05) is 11.6 Å². The van der Waals surface area contributed by atoms with E-state index in [1.165, 1.54) is 10.6 Å². The fourth-order valence-corrected chi connectivity index (χ4v) is 2.55. The Hall–Kier alpha value is -1.83. The first-order chi connectivity index (χ1) is 10.3. The van der Waals surface area contributed by atoms with Crippen LogP contribution in [0.15, 0.2) is 12.1 Å². The van der Waals surface area contributed by atoms with Crippen molar-refractivity contribution in [1.29, 1.82) is 0 Å². The average Bonchev–Trinajstić information content (AvgIpc) is 3.13. The Morgan fingerprint density at radius 3 is 2.73 bits per heavy atom. The first kappa shape index (κ1) is 15.1. The summed E-state index contributed by atoms with van der Waals surface area (Å²) in [4.78, 5) is 16.0. The standard InChI is InChI=1S/C13H12ClF3N4O/c1-6-4-9(14)18-10-5-8(20-21(6)10)12(22)19-11(7-2-3-7)13(15,16)17/h4-5,7,11H,2-3H2,1H3,(H,19,22)/t11-/m0/s1. The van der Waals surface area contributed by atoms with Crippen LogP contribution < -0.4 is 5.32 Å². The second kappa shape index (κ2) is 5.12. The van der Waals surface area contributed by atoms with E-state index in [2.05, 4.69) is 10.1 Å². The highest BCUT2D eigenvalue weighted by molar-refractivity contribution is 6.29. The van der Waals surface area contributed by atoms with Crippen LogP contribution in [-0.2, 0) is 0 Å². The van der Waals surface area contributed by atoms with E-state index in [1.807, 2.05) is 5.32 Å². The molecular weight excluding hydrogens is 321 g/mol. The molecule has 0 aromatic carbocycles. The number of hydrogen-bond acceptors (Lipinski definition) is 3. The van der Waals surface area contributed by atoms with E-state index in [-0.39, 0.29) is 10.8 Å². The van der Waals surface area contributed by atoms with E-state index in [0.717, 1.165) is 0 Å². The summed E-state index contributed by atoms with van der Waals surface area (Å²) in [6.07, 6.45) is -3.54. The lowest BCUT2D eigenvalue weighted by Crippen LogP contribution is -2.47. The minimum atomic E-state index is -4.46. The first-order valence-corrected chi connectivity index (χ1v) is 7.04. The fourth-order valence-electron chi connectivity index (χ4n) is 2.31. The predicted octanol–water partition coefficient (Wildman–Crippen LogP) is 2.76. The molecule has 1 fully saturated rings. The summed E-state index contributed by atoms with van der Waals surface area (Å²) in [6, 6.07) is 1.03. The smallest absolute Gasteiger partial charge is 0.339 e. The van der Waals surface area contributed by atoms with E-state index < -0.39 is 24.0 Å². The number of hydrogen-bond donors (Lipinski definition) is 1. The summed E-state index contributed by atoms with van der Waals surface area (Å²) >= 11 is 5.81. The van der Waals surface area contributed by atoms with Crippen LogP contribution in [0.3, 0.4) is 0 Å². The van der Waals surface area contributed by atoms with Gasteiger partial charge in [-0.25, -0.2) is 9.50 Å². The zero-order valence-corrected chi connectivity index (χ0v) is 12.2. The number of nitrogens with one attached hydrogen (secondary N) is 1. The van der Waals surface area contributed by atoms with Crippen LogP contribution in [-0.4, -0.2) is 32.7 Å². The van der Waals surface area contributed by atoms with Crippen LogP contribution in [0.25, 0.3) is 5.65 Å². The van der Waals surface area contributed by atoms with Crippen LogP contribution in [0.5, 0.6) is 0 Å². The number of fused-ring (bicyclic) bond motifs is 1. The molecule has 0 unspecified atom stereocenters. The molecule has 2 aromatic heterocycles. The van der Waals surface area contributed by atoms with Crippen LogP contribution in [0.2, 0.25) is 5.15 Å². The number of rotatable bonds is 3. The van der Waals surface area contributed by atoms with Gasteiger partial charge >= 0.3 is 6.18 Å². The van der Waals surface area contributed by atoms with Crippen molar-refractivity contribution in [2.24, 2.45) is 5.92 Å². The van der Waals surface area contributed by atoms with Crippen molar-refractivity contribution < 1.29 is 18.0 Å². The van der Waals surface area contributed by atoms with E-state index in [9.17, 15) is 18.0 Å². The van der Waals surface area contributed by atoms with Gasteiger partial charge in [0.05, 0.1) is 0 Å². The molecule has 0 aliphatic heterocycles. The Kier molecular flexibility index (Phi) is 3.51. The van der Waals surface area contributed by atoms with E-state index in [1.54, 1.807) is 13.0 Å². The zero-order valence-electron chi connectivity index (χ0n) is 11.5. The van der Waals surface area contributed by atoms with Crippen molar-refractivity contribution >= 4 is 23.2 Å².